The predicted molar refractivity (Wildman–Crippen MR) is 62.3 cm³/mol. The Labute approximate surface area is 101 Å². The Balaban J connectivity index is 1.55. The molecule has 0 radical (unpaired) electrons. The van der Waals surface area contributed by atoms with E-state index >= 15 is 0 Å². The lowest BCUT2D eigenvalue weighted by atomic mass is 9.85. The van der Waals surface area contributed by atoms with E-state index in [1.807, 2.05) is 0 Å². The van der Waals surface area contributed by atoms with Crippen molar-refractivity contribution in [3.63, 3.8) is 0 Å². The van der Waals surface area contributed by atoms with Gasteiger partial charge in [0.15, 0.2) is 5.82 Å². The van der Waals surface area contributed by atoms with Gasteiger partial charge in [0.1, 0.15) is 0 Å². The number of nitrogens with two attached hydrogens (primary N) is 1. The molecular formula is C13H19N3O. The van der Waals surface area contributed by atoms with E-state index in [1.165, 1.54) is 32.1 Å². The van der Waals surface area contributed by atoms with Crippen LogP contribution in [0.1, 0.15) is 49.7 Å². The zero-order chi connectivity index (χ0) is 11.4. The Morgan fingerprint density at radius 3 is 2.71 bits per heavy atom. The number of aromatic nitrogens is 2. The number of nitrogens with zero attached hydrogens (tertiary/aromatic N) is 2. The van der Waals surface area contributed by atoms with Crippen LogP contribution in [0.2, 0.25) is 0 Å². The van der Waals surface area contributed by atoms with E-state index in [9.17, 15) is 0 Å². The molecule has 92 valence electrons. The van der Waals surface area contributed by atoms with Crippen molar-refractivity contribution in [2.24, 2.45) is 23.5 Å². The molecule has 3 saturated carbocycles. The first-order valence-corrected chi connectivity index (χ1v) is 6.89. The van der Waals surface area contributed by atoms with Crippen LogP contribution in [-0.2, 0) is 6.42 Å². The van der Waals surface area contributed by atoms with Crippen molar-refractivity contribution < 1.29 is 4.52 Å². The van der Waals surface area contributed by atoms with Gasteiger partial charge in [0, 0.05) is 12.5 Å². The van der Waals surface area contributed by atoms with Gasteiger partial charge >= 0.3 is 0 Å². The second-order valence-electron chi connectivity index (χ2n) is 6.13. The molecule has 3 fully saturated rings. The molecule has 4 heteroatoms. The second kappa shape index (κ2) is 3.55. The maximum Gasteiger partial charge on any atom is 0.231 e. The number of rotatable bonds is 3. The molecule has 4 atom stereocenters. The van der Waals surface area contributed by atoms with E-state index < -0.39 is 0 Å². The summed E-state index contributed by atoms with van der Waals surface area (Å²) in [7, 11) is 0. The van der Waals surface area contributed by atoms with Crippen LogP contribution >= 0.6 is 0 Å². The predicted octanol–water partition coefficient (Wildman–Crippen LogP) is 1.86. The molecular weight excluding hydrogens is 214 g/mol. The van der Waals surface area contributed by atoms with Crippen LogP contribution < -0.4 is 5.73 Å². The maximum atomic E-state index is 6.29. The molecule has 17 heavy (non-hydrogen) atoms. The quantitative estimate of drug-likeness (QED) is 0.865. The summed E-state index contributed by atoms with van der Waals surface area (Å²) in [6, 6.07) is 0.253. The third-order valence-corrected chi connectivity index (χ3v) is 4.92. The van der Waals surface area contributed by atoms with Gasteiger partial charge in [0.05, 0.1) is 5.92 Å². The Hall–Kier alpha value is -0.900. The first kappa shape index (κ1) is 10.1. The monoisotopic (exact) mass is 233 g/mol. The van der Waals surface area contributed by atoms with Gasteiger partial charge in [-0.15, -0.1) is 0 Å². The smallest absolute Gasteiger partial charge is 0.231 e. The fraction of sp³-hybridized carbons (Fsp3) is 0.846. The summed E-state index contributed by atoms with van der Waals surface area (Å²) in [5.41, 5.74) is 6.29. The van der Waals surface area contributed by atoms with Gasteiger partial charge in [-0.1, -0.05) is 5.16 Å². The van der Waals surface area contributed by atoms with Crippen LogP contribution in [0.3, 0.4) is 0 Å². The largest absolute Gasteiger partial charge is 0.339 e. The van der Waals surface area contributed by atoms with Crippen molar-refractivity contribution in [3.8, 4) is 0 Å². The van der Waals surface area contributed by atoms with E-state index in [0.717, 1.165) is 24.1 Å². The molecule has 2 bridgehead atoms. The third kappa shape index (κ3) is 1.61. The van der Waals surface area contributed by atoms with Crippen LogP contribution in [0.15, 0.2) is 4.52 Å². The standard InChI is InChI=1S/C13H19N3O/c14-12-9-4-3-8(6-9)11(12)13-15-10(16-17-13)5-7-1-2-7/h7-9,11-12H,1-6,14H2. The minimum atomic E-state index is 0.253. The molecule has 0 spiro atoms. The number of hydrogen-bond donors (Lipinski definition) is 1. The maximum absolute atomic E-state index is 6.29. The number of hydrogen-bond acceptors (Lipinski definition) is 4. The minimum absolute atomic E-state index is 0.253. The lowest BCUT2D eigenvalue weighted by molar-refractivity contribution is 0.278. The summed E-state index contributed by atoms with van der Waals surface area (Å²) in [5.74, 6) is 4.27. The zero-order valence-electron chi connectivity index (χ0n) is 10.0. The molecule has 1 aromatic rings. The Morgan fingerprint density at radius 1 is 1.18 bits per heavy atom. The molecule has 4 nitrogen and oxygen atoms in total. The molecule has 1 heterocycles. The van der Waals surface area contributed by atoms with Crippen molar-refractivity contribution in [1.29, 1.82) is 0 Å². The van der Waals surface area contributed by atoms with E-state index in [1.54, 1.807) is 0 Å². The number of fused-ring (bicyclic) bond motifs is 2. The van der Waals surface area contributed by atoms with Gasteiger partial charge in [-0.3, -0.25) is 0 Å². The summed E-state index contributed by atoms with van der Waals surface area (Å²) < 4.78 is 5.46. The summed E-state index contributed by atoms with van der Waals surface area (Å²) in [6.45, 7) is 0. The fourth-order valence-electron chi connectivity index (χ4n) is 3.77. The van der Waals surface area contributed by atoms with Gasteiger partial charge in [-0.05, 0) is 49.9 Å². The molecule has 0 aromatic carbocycles. The molecule has 0 saturated heterocycles. The molecule has 2 N–H and O–H groups in total. The van der Waals surface area contributed by atoms with Crippen LogP contribution in [0, 0.1) is 17.8 Å². The third-order valence-electron chi connectivity index (χ3n) is 4.92. The van der Waals surface area contributed by atoms with Crippen molar-refractivity contribution >= 4 is 0 Å². The highest BCUT2D eigenvalue weighted by Gasteiger charge is 2.48. The summed E-state index contributed by atoms with van der Waals surface area (Å²) in [5, 5.41) is 4.12. The molecule has 4 unspecified atom stereocenters. The zero-order valence-corrected chi connectivity index (χ0v) is 10.0. The normalized spacial score (nSPS) is 40.1. The fourth-order valence-corrected chi connectivity index (χ4v) is 3.77. The van der Waals surface area contributed by atoms with E-state index in [0.29, 0.717) is 17.8 Å². The molecule has 4 rings (SSSR count). The van der Waals surface area contributed by atoms with Crippen LogP contribution in [0.5, 0.6) is 0 Å². The van der Waals surface area contributed by atoms with Crippen molar-refractivity contribution in [2.75, 3.05) is 0 Å². The first-order chi connectivity index (χ1) is 8.31. The molecule has 3 aliphatic rings. The van der Waals surface area contributed by atoms with E-state index in [-0.39, 0.29) is 6.04 Å². The molecule has 0 aliphatic heterocycles. The Bertz CT molecular complexity index is 424. The van der Waals surface area contributed by atoms with Gasteiger partial charge < -0.3 is 10.3 Å². The average Bonchev–Trinajstić information content (AvgIpc) is 2.77. The van der Waals surface area contributed by atoms with Gasteiger partial charge in [0.2, 0.25) is 5.89 Å². The van der Waals surface area contributed by atoms with Crippen molar-refractivity contribution in [1.82, 2.24) is 10.1 Å². The topological polar surface area (TPSA) is 64.9 Å². The summed E-state index contributed by atoms with van der Waals surface area (Å²) in [6.07, 6.45) is 7.52. The molecule has 1 aromatic heterocycles. The Morgan fingerprint density at radius 2 is 2.00 bits per heavy atom. The van der Waals surface area contributed by atoms with Crippen molar-refractivity contribution in [2.45, 2.75) is 50.5 Å². The van der Waals surface area contributed by atoms with Crippen LogP contribution in [0.25, 0.3) is 0 Å². The second-order valence-corrected chi connectivity index (χ2v) is 6.13. The van der Waals surface area contributed by atoms with Crippen LogP contribution in [-0.4, -0.2) is 16.2 Å². The highest BCUT2D eigenvalue weighted by molar-refractivity contribution is 5.11. The first-order valence-electron chi connectivity index (χ1n) is 6.89. The van der Waals surface area contributed by atoms with Crippen molar-refractivity contribution in [3.05, 3.63) is 11.7 Å². The van der Waals surface area contributed by atoms with Gasteiger partial charge in [0.25, 0.3) is 0 Å². The highest BCUT2D eigenvalue weighted by Crippen LogP contribution is 2.51. The van der Waals surface area contributed by atoms with Crippen LogP contribution in [0.4, 0.5) is 0 Å². The average molecular weight is 233 g/mol. The van der Waals surface area contributed by atoms with E-state index in [2.05, 4.69) is 10.1 Å². The molecule has 3 aliphatic carbocycles. The van der Waals surface area contributed by atoms with E-state index in [4.69, 9.17) is 10.3 Å². The summed E-state index contributed by atoms with van der Waals surface area (Å²) >= 11 is 0. The minimum Gasteiger partial charge on any atom is -0.339 e. The molecule has 0 amide bonds. The SMILES string of the molecule is NC1C2CCC(C2)C1c1nc(CC2CC2)no1. The lowest BCUT2D eigenvalue weighted by Crippen LogP contribution is -2.34. The Kier molecular flexibility index (Phi) is 2.10. The summed E-state index contributed by atoms with van der Waals surface area (Å²) in [4.78, 5) is 4.58. The lowest BCUT2D eigenvalue weighted by Gasteiger charge is -2.24. The van der Waals surface area contributed by atoms with Gasteiger partial charge in [-0.25, -0.2) is 0 Å². The highest BCUT2D eigenvalue weighted by atomic mass is 16.5. The van der Waals surface area contributed by atoms with Gasteiger partial charge in [-0.2, -0.15) is 4.98 Å².